The van der Waals surface area contributed by atoms with Crippen molar-refractivity contribution < 1.29 is 172 Å². The van der Waals surface area contributed by atoms with Crippen molar-refractivity contribution in [2.45, 2.75) is 198 Å². The van der Waals surface area contributed by atoms with E-state index in [1.165, 1.54) is 81.4 Å². The van der Waals surface area contributed by atoms with Gasteiger partial charge in [0, 0.05) is 40.8 Å². The summed E-state index contributed by atoms with van der Waals surface area (Å²) in [6, 6.07) is 5.99. The zero-order valence-corrected chi connectivity index (χ0v) is 67.4. The van der Waals surface area contributed by atoms with Crippen LogP contribution in [0.1, 0.15) is 107 Å². The van der Waals surface area contributed by atoms with Crippen molar-refractivity contribution in [3.05, 3.63) is 166 Å². The highest BCUT2D eigenvalue weighted by Gasteiger charge is 2.52. The van der Waals surface area contributed by atoms with Crippen LogP contribution in [-0.2, 0) is 66.7 Å². The Morgan fingerprint density at radius 2 is 0.984 bits per heavy atom. The number of ether oxygens (including phenoxy) is 12. The molecule has 127 heavy (non-hydrogen) atoms. The van der Waals surface area contributed by atoms with Gasteiger partial charge in [0.25, 0.3) is 0 Å². The van der Waals surface area contributed by atoms with Gasteiger partial charge in [-0.25, -0.2) is 4.79 Å². The minimum atomic E-state index is -2.46. The topological polar surface area (TPSA) is 678 Å². The highest BCUT2D eigenvalue weighted by Crippen LogP contribution is 2.50. The average molecular weight is 1770 g/mol. The van der Waals surface area contributed by atoms with E-state index in [-0.39, 0.29) is 51.7 Å². The van der Waals surface area contributed by atoms with Gasteiger partial charge in [-0.1, -0.05) is 36.4 Å². The Labute approximate surface area is 718 Å². The molecular formula is C84H92N8O35. The van der Waals surface area contributed by atoms with E-state index < -0.39 is 305 Å². The number of aliphatic hydroxyl groups excluding tert-OH is 12. The van der Waals surface area contributed by atoms with Crippen molar-refractivity contribution >= 4 is 41.4 Å². The number of hydrogen-bond acceptors (Lipinski definition) is 37. The molecule has 0 aromatic heterocycles. The Balaban J connectivity index is 0.966. The summed E-state index contributed by atoms with van der Waals surface area (Å²) in [4.78, 5) is 111. The number of carbonyl (C=O) groups is 7. The molecule has 6 amide bonds. The molecule has 28 atom stereocenters. The third kappa shape index (κ3) is 17.9. The summed E-state index contributed by atoms with van der Waals surface area (Å²) in [5.41, 5.74) is 9.79. The largest absolute Gasteiger partial charge is 0.508 e. The molecule has 7 aromatic rings. The van der Waals surface area contributed by atoms with Crippen LogP contribution in [0.2, 0.25) is 0 Å². The maximum absolute atomic E-state index is 16.9. The van der Waals surface area contributed by atoms with Gasteiger partial charge < -0.3 is 182 Å². The third-order valence-electron chi connectivity index (χ3n) is 23.3. The Morgan fingerprint density at radius 1 is 0.465 bits per heavy atom. The Kier molecular flexibility index (Phi) is 25.9. The van der Waals surface area contributed by atoms with Gasteiger partial charge in [-0.15, -0.1) is 0 Å². The molecule has 678 valence electrons. The zero-order chi connectivity index (χ0) is 90.9. The first-order valence-corrected chi connectivity index (χ1v) is 40.0. The molecule has 0 saturated carbocycles. The molecule has 0 radical (unpaired) electrons. The SMILES string of the molecule is COC(=O)[C@H]1NC(=O)[C@H]2NC(=O)[C@H](NC(=O)[C@@H]3NC(=O)[C@H]4NC(=O)[C@H](NC(=O)[C@@H](N)c5ccc(O)c(c5)Oc5cc4cc(O)c5C)[C@H](O)c4ccc(cc4)Oc4cc3cc(c4O[C@@H]3O[C@H](CO[C@@H]4O[C@@H](C)[C@H](O)[C@@H](O)[C@H]4O)[C@@H](O)[C@H](O)[C@H]3O)Oc3ccc(cc3)[C@H]2OC2C[C@H](N)[C@@H](O)[C@H](C)O2)c2ccc(O)c(c2)-c2c(OC3O[C@H](CO)[C@@H](O)[C@H](O)[C@@H]3O)cc(O)cc21. The van der Waals surface area contributed by atoms with Gasteiger partial charge in [-0.2, -0.15) is 0 Å². The van der Waals surface area contributed by atoms with Crippen molar-refractivity contribution in [1.82, 2.24) is 31.9 Å². The highest BCUT2D eigenvalue weighted by atomic mass is 16.7. The smallest absolute Gasteiger partial charge is 0.333 e. The molecule has 10 aliphatic heterocycles. The van der Waals surface area contributed by atoms with Crippen LogP contribution in [0, 0.1) is 6.92 Å². The minimum Gasteiger partial charge on any atom is -0.508 e. The summed E-state index contributed by atoms with van der Waals surface area (Å²) >= 11 is 0. The van der Waals surface area contributed by atoms with Crippen LogP contribution in [-0.4, -0.2) is 272 Å². The number of esters is 1. The average Bonchev–Trinajstić information content (AvgIpc) is 0.744. The maximum Gasteiger partial charge on any atom is 0.333 e. The summed E-state index contributed by atoms with van der Waals surface area (Å²) in [6.07, 6.45) is -37.1. The second kappa shape index (κ2) is 36.5. The van der Waals surface area contributed by atoms with E-state index in [0.29, 0.717) is 0 Å². The Hall–Kier alpha value is -11.8. The molecule has 0 spiro atoms. The molecule has 17 bridgehead atoms. The number of phenolic OH excluding ortho intramolecular Hbond substituents is 4. The quantitative estimate of drug-likeness (QED) is 0.0582. The van der Waals surface area contributed by atoms with E-state index in [9.17, 15) is 91.3 Å². The van der Waals surface area contributed by atoms with Crippen LogP contribution >= 0.6 is 0 Å². The summed E-state index contributed by atoms with van der Waals surface area (Å²) in [6.45, 7) is 2.35. The minimum absolute atomic E-state index is 0.0198. The van der Waals surface area contributed by atoms with Crippen molar-refractivity contribution in [3.8, 4) is 80.1 Å². The van der Waals surface area contributed by atoms with Gasteiger partial charge in [0.15, 0.2) is 41.6 Å². The number of phenols is 4. The molecule has 7 aromatic carbocycles. The number of aliphatic hydroxyl groups is 12. The second-order valence-electron chi connectivity index (χ2n) is 31.7. The first-order chi connectivity index (χ1) is 60.4. The van der Waals surface area contributed by atoms with Crippen LogP contribution in [0.15, 0.2) is 121 Å². The van der Waals surface area contributed by atoms with Crippen LogP contribution in [0.5, 0.6) is 69.0 Å². The van der Waals surface area contributed by atoms with Gasteiger partial charge in [0.05, 0.1) is 38.6 Å². The van der Waals surface area contributed by atoms with E-state index in [2.05, 4.69) is 31.9 Å². The number of aromatic hydroxyl groups is 4. The van der Waals surface area contributed by atoms with Crippen LogP contribution in [0.4, 0.5) is 0 Å². The fraction of sp³-hybridized carbons (Fsp3) is 0.417. The predicted molar refractivity (Wildman–Crippen MR) is 424 cm³/mol. The fourth-order valence-corrected chi connectivity index (χ4v) is 16.0. The van der Waals surface area contributed by atoms with Crippen molar-refractivity contribution in [3.63, 3.8) is 0 Å². The molecule has 2 unspecified atom stereocenters. The molecule has 10 heterocycles. The van der Waals surface area contributed by atoms with Gasteiger partial charge >= 0.3 is 5.97 Å². The first-order valence-electron chi connectivity index (χ1n) is 40.0. The molecular weight excluding hydrogens is 1680 g/mol. The molecule has 0 aliphatic carbocycles. The van der Waals surface area contributed by atoms with Crippen LogP contribution < -0.4 is 67.1 Å². The number of benzene rings is 7. The van der Waals surface area contributed by atoms with E-state index in [1.54, 1.807) is 0 Å². The number of rotatable bonds is 11. The molecule has 43 heteroatoms. The summed E-state index contributed by atoms with van der Waals surface area (Å²) in [5, 5.41) is 198. The van der Waals surface area contributed by atoms with E-state index in [4.69, 9.17) is 68.3 Å². The number of hydrogen-bond donors (Lipinski definition) is 24. The molecule has 43 nitrogen and oxygen atoms in total. The van der Waals surface area contributed by atoms with E-state index in [0.717, 1.165) is 67.8 Å². The van der Waals surface area contributed by atoms with Gasteiger partial charge in [0.2, 0.25) is 53.8 Å². The highest BCUT2D eigenvalue weighted by molar-refractivity contribution is 6.00. The van der Waals surface area contributed by atoms with E-state index >= 15 is 24.0 Å². The standard InChI is InChI=1S/C84H92N8O35/c1-28-45(97)18-35-20-46(28)122-47-19-33(9-16-44(47)96)55(86)75(109)91-60-64(100)31-5-11-38(12-6-31)120-49-21-36-22-50(74(49)127-84-72(108)69(105)66(102)52(125-84)27-117-82-70(106)67(103)63(99)30(3)119-82)121-39-13-7-32(8-14-39)73(126-53-25-42(85)62(98)29(2)118-53)61-80(114)90-59(81(115)116-4)41-23-37(94)24-48(123-83-71(107)68(104)65(101)51(26-93)124-83)54(41)40-17-34(10-15-43(40)95)56(76(110)92-61)87-78(112)58(36)88-77(111)57(35)89-79(60)113/h5-24,29-30,42,51-53,55-73,82-84,93-108H,25-27,85-86H2,1-4H3,(H,87,112)(H,88,111)(H,89,113)(H,90,114)(H,91,109)(H,92,110)/t29-,30-,42-,51+,52+,53?,55-,56+,57-,58+,59-,60+,61-,62-,63-,64+,65+,66+,67+,68-,69-,70+,71-,72+,73+,82+,83?,84-/m0/s1. The number of fused-ring (bicyclic) bond motifs is 14. The van der Waals surface area contributed by atoms with Crippen LogP contribution in [0.25, 0.3) is 11.1 Å². The summed E-state index contributed by atoms with van der Waals surface area (Å²) in [7, 11) is 0.901. The first kappa shape index (κ1) is 90.0. The van der Waals surface area contributed by atoms with Crippen molar-refractivity contribution in [2.24, 2.45) is 11.5 Å². The molecule has 4 saturated heterocycles. The van der Waals surface area contributed by atoms with E-state index in [1.807, 2.05) is 0 Å². The Morgan fingerprint density at radius 3 is 1.62 bits per heavy atom. The van der Waals surface area contributed by atoms with Gasteiger partial charge in [-0.3, -0.25) is 28.8 Å². The van der Waals surface area contributed by atoms with Crippen LogP contribution in [0.3, 0.4) is 0 Å². The number of methoxy groups -OCH3 is 1. The monoisotopic (exact) mass is 1770 g/mol. The van der Waals surface area contributed by atoms with Gasteiger partial charge in [-0.05, 0) is 133 Å². The zero-order valence-electron chi connectivity index (χ0n) is 67.4. The lowest BCUT2D eigenvalue weighted by atomic mass is 9.89. The second-order valence-corrected chi connectivity index (χ2v) is 31.7. The molecule has 10 aliphatic rings. The normalized spacial score (nSPS) is 33.3. The maximum atomic E-state index is 16.9. The summed E-state index contributed by atoms with van der Waals surface area (Å²) < 4.78 is 74.0. The fourth-order valence-electron chi connectivity index (χ4n) is 16.0. The number of nitrogens with two attached hydrogens (primary N) is 2. The lowest BCUT2D eigenvalue weighted by Crippen LogP contribution is -2.61. The number of amides is 6. The predicted octanol–water partition coefficient (Wildman–Crippen LogP) is -2.79. The lowest BCUT2D eigenvalue weighted by molar-refractivity contribution is -0.318. The Bertz CT molecular complexity index is 5330. The molecule has 26 N–H and O–H groups in total. The number of carbonyl (C=O) groups excluding carboxylic acids is 7. The third-order valence-corrected chi connectivity index (χ3v) is 23.3. The lowest BCUT2D eigenvalue weighted by Gasteiger charge is -2.42. The molecule has 4 fully saturated rings. The van der Waals surface area contributed by atoms with Crippen molar-refractivity contribution in [1.29, 1.82) is 0 Å². The number of nitrogens with one attached hydrogen (secondary N) is 6. The summed E-state index contributed by atoms with van der Waals surface area (Å²) in [5.74, 6) is -16.2. The van der Waals surface area contributed by atoms with Crippen molar-refractivity contribution in [2.75, 3.05) is 20.3 Å². The molecule has 17 rings (SSSR count). The van der Waals surface area contributed by atoms with Gasteiger partial charge in [0.1, 0.15) is 156 Å².